The Morgan fingerprint density at radius 2 is 1.97 bits per heavy atom. The van der Waals surface area contributed by atoms with Crippen molar-refractivity contribution in [1.82, 2.24) is 9.97 Å². The number of aromatic amines is 1. The van der Waals surface area contributed by atoms with Crippen LogP contribution in [0.5, 0.6) is 0 Å². The highest BCUT2D eigenvalue weighted by molar-refractivity contribution is 7.60. The standard InChI is InChI=1S/C11H19N5O11P2/c1-15-3-16(8-5(15)9(19)14-11(12)13-8)10-7(18)6(17)4(26-10)2-25-29(23,24)27-28(20,21)22/h4,6-7,10,17-18H,2-3H2,1H3,(H,23,24)(H2,20,21,22)(H3,12,13,14,19)/t4-,6-,7+,10+/m0/s1. The molecule has 0 aromatic carbocycles. The van der Waals surface area contributed by atoms with Crippen LogP contribution in [-0.4, -0.2) is 79.7 Å². The third-order valence-electron chi connectivity index (χ3n) is 4.17. The summed E-state index contributed by atoms with van der Waals surface area (Å²) < 4.78 is 35.8. The predicted molar refractivity (Wildman–Crippen MR) is 94.6 cm³/mol. The summed E-state index contributed by atoms with van der Waals surface area (Å²) in [6, 6.07) is 0. The molecule has 0 saturated carbocycles. The molecule has 164 valence electrons. The number of aliphatic hydroxyl groups is 2. The Morgan fingerprint density at radius 1 is 1.31 bits per heavy atom. The molecule has 1 unspecified atom stereocenters. The number of phosphoric ester groups is 1. The molecule has 8 N–H and O–H groups in total. The monoisotopic (exact) mass is 459 g/mol. The summed E-state index contributed by atoms with van der Waals surface area (Å²) in [5.41, 5.74) is 5.18. The number of aliphatic hydroxyl groups excluding tert-OH is 2. The molecule has 0 radical (unpaired) electrons. The van der Waals surface area contributed by atoms with E-state index in [2.05, 4.69) is 18.8 Å². The van der Waals surface area contributed by atoms with Crippen LogP contribution in [0.3, 0.4) is 0 Å². The number of phosphoric acid groups is 2. The van der Waals surface area contributed by atoms with E-state index in [1.165, 1.54) is 9.80 Å². The first kappa shape index (κ1) is 22.1. The number of nitrogens with zero attached hydrogens (tertiary/aromatic N) is 3. The number of H-pyrrole nitrogens is 1. The third kappa shape index (κ3) is 4.62. The van der Waals surface area contributed by atoms with Crippen molar-refractivity contribution < 1.29 is 47.6 Å². The van der Waals surface area contributed by atoms with Crippen molar-refractivity contribution in [2.45, 2.75) is 24.5 Å². The van der Waals surface area contributed by atoms with Crippen molar-refractivity contribution in [1.29, 1.82) is 0 Å². The number of anilines is 3. The van der Waals surface area contributed by atoms with E-state index in [1.54, 1.807) is 7.05 Å². The fraction of sp³-hybridized carbons (Fsp3) is 0.636. The van der Waals surface area contributed by atoms with E-state index in [1.807, 2.05) is 0 Å². The molecule has 18 heteroatoms. The first-order chi connectivity index (χ1) is 13.3. The minimum absolute atomic E-state index is 0.0384. The summed E-state index contributed by atoms with van der Waals surface area (Å²) in [7, 11) is -8.91. The largest absolute Gasteiger partial charge is 0.481 e. The molecule has 0 bridgehead atoms. The zero-order valence-corrected chi connectivity index (χ0v) is 16.5. The molecule has 2 aliphatic rings. The van der Waals surface area contributed by atoms with Crippen LogP contribution < -0.4 is 21.1 Å². The Labute approximate surface area is 162 Å². The highest BCUT2D eigenvalue weighted by Crippen LogP contribution is 2.57. The van der Waals surface area contributed by atoms with Gasteiger partial charge in [-0.2, -0.15) is 9.29 Å². The second kappa shape index (κ2) is 7.59. The number of nitrogens with one attached hydrogen (secondary N) is 1. The number of hydrogen-bond acceptors (Lipinski definition) is 12. The van der Waals surface area contributed by atoms with E-state index < -0.39 is 52.4 Å². The quantitative estimate of drug-likeness (QED) is 0.213. The number of ether oxygens (including phenoxy) is 1. The van der Waals surface area contributed by atoms with Gasteiger partial charge in [-0.05, 0) is 0 Å². The van der Waals surface area contributed by atoms with Gasteiger partial charge < -0.3 is 45.2 Å². The van der Waals surface area contributed by atoms with E-state index in [-0.39, 0.29) is 24.1 Å². The van der Waals surface area contributed by atoms with Crippen LogP contribution in [0.1, 0.15) is 0 Å². The molecule has 0 aliphatic carbocycles. The molecule has 16 nitrogen and oxygen atoms in total. The lowest BCUT2D eigenvalue weighted by Gasteiger charge is -2.27. The van der Waals surface area contributed by atoms with Crippen LogP contribution in [0.4, 0.5) is 17.5 Å². The number of fused-ring (bicyclic) bond motifs is 1. The molecule has 5 atom stereocenters. The number of nitrogens with two attached hydrogens (primary N) is 1. The summed E-state index contributed by atoms with van der Waals surface area (Å²) in [6.45, 7) is -0.805. The van der Waals surface area contributed by atoms with Gasteiger partial charge in [0, 0.05) is 7.05 Å². The van der Waals surface area contributed by atoms with Gasteiger partial charge in [-0.15, -0.1) is 0 Å². The average molecular weight is 459 g/mol. The number of rotatable bonds is 6. The highest BCUT2D eigenvalue weighted by atomic mass is 31.3. The number of nitrogen functional groups attached to an aromatic ring is 1. The topological polar surface area (TPSA) is 241 Å². The van der Waals surface area contributed by atoms with Crippen molar-refractivity contribution in [2.75, 3.05) is 35.9 Å². The molecule has 1 aromatic heterocycles. The maximum Gasteiger partial charge on any atom is 0.481 e. The summed E-state index contributed by atoms with van der Waals surface area (Å²) in [4.78, 5) is 47.8. The molecule has 0 spiro atoms. The Morgan fingerprint density at radius 3 is 2.59 bits per heavy atom. The minimum Gasteiger partial charge on any atom is -0.387 e. The summed E-state index contributed by atoms with van der Waals surface area (Å²) >= 11 is 0. The van der Waals surface area contributed by atoms with Crippen LogP contribution in [0.2, 0.25) is 0 Å². The molecule has 3 heterocycles. The molecule has 1 saturated heterocycles. The molecule has 1 fully saturated rings. The van der Waals surface area contributed by atoms with Crippen molar-refractivity contribution in [3.05, 3.63) is 10.4 Å². The lowest BCUT2D eigenvalue weighted by Crippen LogP contribution is -2.45. The Bertz CT molecular complexity index is 936. The van der Waals surface area contributed by atoms with E-state index in [0.717, 1.165) is 0 Å². The lowest BCUT2D eigenvalue weighted by molar-refractivity contribution is -0.0217. The normalized spacial score (nSPS) is 29.2. The van der Waals surface area contributed by atoms with E-state index in [9.17, 15) is 29.0 Å². The lowest BCUT2D eigenvalue weighted by atomic mass is 10.1. The molecule has 1 aromatic rings. The van der Waals surface area contributed by atoms with Gasteiger partial charge in [-0.3, -0.25) is 14.3 Å². The zero-order chi connectivity index (χ0) is 21.7. The smallest absolute Gasteiger partial charge is 0.387 e. The molecule has 2 aliphatic heterocycles. The fourth-order valence-electron chi connectivity index (χ4n) is 3.03. The zero-order valence-electron chi connectivity index (χ0n) is 14.7. The fourth-order valence-corrected chi connectivity index (χ4v) is 4.63. The average Bonchev–Trinajstić information content (AvgIpc) is 3.01. The summed E-state index contributed by atoms with van der Waals surface area (Å²) in [6.07, 6.45) is -5.77. The van der Waals surface area contributed by atoms with Gasteiger partial charge in [0.25, 0.3) is 5.56 Å². The molecule has 0 amide bonds. The highest BCUT2D eigenvalue weighted by Gasteiger charge is 2.49. The van der Waals surface area contributed by atoms with E-state index in [0.29, 0.717) is 0 Å². The van der Waals surface area contributed by atoms with Gasteiger partial charge in [-0.1, -0.05) is 0 Å². The number of hydrogen-bond donors (Lipinski definition) is 7. The number of aromatic nitrogens is 2. The van der Waals surface area contributed by atoms with Crippen LogP contribution >= 0.6 is 15.6 Å². The van der Waals surface area contributed by atoms with E-state index >= 15 is 0 Å². The molecular weight excluding hydrogens is 440 g/mol. The maximum atomic E-state index is 12.1. The van der Waals surface area contributed by atoms with Crippen LogP contribution in [0.15, 0.2) is 4.79 Å². The Balaban J connectivity index is 1.75. The summed E-state index contributed by atoms with van der Waals surface area (Å²) in [5, 5.41) is 20.5. The van der Waals surface area contributed by atoms with Crippen LogP contribution in [0.25, 0.3) is 0 Å². The van der Waals surface area contributed by atoms with E-state index in [4.69, 9.17) is 20.3 Å². The second-order valence-electron chi connectivity index (χ2n) is 6.32. The molecule has 29 heavy (non-hydrogen) atoms. The van der Waals surface area contributed by atoms with Crippen molar-refractivity contribution in [2.24, 2.45) is 0 Å². The third-order valence-corrected chi connectivity index (χ3v) is 6.32. The Hall–Kier alpha value is -1.58. The Kier molecular flexibility index (Phi) is 5.79. The van der Waals surface area contributed by atoms with Crippen LogP contribution in [-0.2, 0) is 22.7 Å². The molecular formula is C11H19N5O11P2. The van der Waals surface area contributed by atoms with Gasteiger partial charge in [0.05, 0.1) is 13.3 Å². The first-order valence-corrected chi connectivity index (χ1v) is 10.9. The van der Waals surface area contributed by atoms with Gasteiger partial charge in [0.2, 0.25) is 5.95 Å². The SMILES string of the molecule is CN1CN([C@@H]2O[C@@H](COP(=O)(O)OP(=O)(O)O)[C@H](O)[C@H]2O)c2nc(N)[nH]c(=O)c21. The van der Waals surface area contributed by atoms with Crippen molar-refractivity contribution in [3.63, 3.8) is 0 Å². The van der Waals surface area contributed by atoms with Gasteiger partial charge >= 0.3 is 15.6 Å². The van der Waals surface area contributed by atoms with Crippen LogP contribution in [0, 0.1) is 0 Å². The minimum atomic E-state index is -5.32. The first-order valence-electron chi connectivity index (χ1n) is 7.92. The second-order valence-corrected chi connectivity index (χ2v) is 9.15. The van der Waals surface area contributed by atoms with Gasteiger partial charge in [0.1, 0.15) is 24.0 Å². The maximum absolute atomic E-state index is 12.1. The molecule has 3 rings (SSSR count). The van der Waals surface area contributed by atoms with Gasteiger partial charge in [-0.25, -0.2) is 9.13 Å². The predicted octanol–water partition coefficient (Wildman–Crippen LogP) is -2.76. The summed E-state index contributed by atoms with van der Waals surface area (Å²) in [5.74, 6) is -0.0954. The van der Waals surface area contributed by atoms with Crippen molar-refractivity contribution in [3.8, 4) is 0 Å². The van der Waals surface area contributed by atoms with Crippen molar-refractivity contribution >= 4 is 33.1 Å². The van der Waals surface area contributed by atoms with Gasteiger partial charge in [0.15, 0.2) is 12.0 Å².